The van der Waals surface area contributed by atoms with Gasteiger partial charge in [0.05, 0.1) is 5.60 Å². The summed E-state index contributed by atoms with van der Waals surface area (Å²) in [5.74, 6) is -0.649. The van der Waals surface area contributed by atoms with E-state index in [1.54, 1.807) is 0 Å². The van der Waals surface area contributed by atoms with Crippen molar-refractivity contribution in [2.45, 2.75) is 50.2 Å². The number of benzene rings is 1. The molecule has 1 aromatic carbocycles. The van der Waals surface area contributed by atoms with E-state index in [0.29, 0.717) is 11.5 Å². The smallest absolute Gasteiger partial charge is 0.126 e. The van der Waals surface area contributed by atoms with Gasteiger partial charge in [-0.2, -0.15) is 0 Å². The molecule has 1 aromatic rings. The minimum atomic E-state index is -0.507. The van der Waals surface area contributed by atoms with Crippen molar-refractivity contribution < 1.29 is 13.5 Å². The van der Waals surface area contributed by atoms with Gasteiger partial charge < -0.3 is 10.1 Å². The van der Waals surface area contributed by atoms with E-state index in [0.717, 1.165) is 38.4 Å². The predicted molar refractivity (Wildman–Crippen MR) is 78.0 cm³/mol. The molecule has 116 valence electrons. The minimum absolute atomic E-state index is 0.0171. The highest BCUT2D eigenvalue weighted by Gasteiger charge is 2.42. The van der Waals surface area contributed by atoms with Gasteiger partial charge in [-0.05, 0) is 56.3 Å². The molecular weight excluding hydrogens is 272 g/mol. The fourth-order valence-corrected chi connectivity index (χ4v) is 4.15. The van der Waals surface area contributed by atoms with E-state index in [2.05, 4.69) is 5.32 Å². The molecule has 1 N–H and O–H groups in total. The lowest BCUT2D eigenvalue weighted by molar-refractivity contribution is -0.0979. The lowest BCUT2D eigenvalue weighted by atomic mass is 9.78. The van der Waals surface area contributed by atoms with Crippen LogP contribution < -0.4 is 5.32 Å². The molecule has 2 unspecified atom stereocenters. The van der Waals surface area contributed by atoms with Crippen LogP contribution in [-0.2, 0) is 4.74 Å². The molecule has 0 bridgehead atoms. The summed E-state index contributed by atoms with van der Waals surface area (Å²) in [5.41, 5.74) is 0.721. The van der Waals surface area contributed by atoms with Crippen molar-refractivity contribution >= 4 is 0 Å². The van der Waals surface area contributed by atoms with Crippen molar-refractivity contribution in [2.24, 2.45) is 5.92 Å². The number of hydrogen-bond acceptors (Lipinski definition) is 2. The molecule has 2 atom stereocenters. The maximum Gasteiger partial charge on any atom is 0.126 e. The third-order valence-electron chi connectivity index (χ3n) is 5.07. The molecule has 3 rings (SSSR count). The number of rotatable bonds is 3. The van der Waals surface area contributed by atoms with Crippen molar-refractivity contribution in [3.63, 3.8) is 0 Å². The van der Waals surface area contributed by atoms with Crippen molar-refractivity contribution in [1.82, 2.24) is 5.32 Å². The van der Waals surface area contributed by atoms with Crippen molar-refractivity contribution in [1.29, 1.82) is 0 Å². The van der Waals surface area contributed by atoms with Gasteiger partial charge in [0.15, 0.2) is 0 Å². The normalized spacial score (nSPS) is 26.1. The first-order valence-electron chi connectivity index (χ1n) is 7.89. The lowest BCUT2D eigenvalue weighted by Gasteiger charge is -2.41. The van der Waals surface area contributed by atoms with Crippen LogP contribution in [0.25, 0.3) is 0 Å². The van der Waals surface area contributed by atoms with Crippen LogP contribution in [0.2, 0.25) is 0 Å². The summed E-state index contributed by atoms with van der Waals surface area (Å²) in [6.45, 7) is 0.751. The molecule has 0 radical (unpaired) electrons. The van der Waals surface area contributed by atoms with Crippen molar-refractivity contribution in [3.05, 3.63) is 35.4 Å². The second-order valence-electron chi connectivity index (χ2n) is 6.46. The van der Waals surface area contributed by atoms with Crippen LogP contribution in [0.4, 0.5) is 8.78 Å². The van der Waals surface area contributed by atoms with Crippen LogP contribution >= 0.6 is 0 Å². The van der Waals surface area contributed by atoms with Gasteiger partial charge in [0, 0.05) is 18.7 Å². The molecule has 2 nitrogen and oxygen atoms in total. The van der Waals surface area contributed by atoms with Crippen LogP contribution in [0.1, 0.15) is 50.1 Å². The Hall–Kier alpha value is -1.00. The largest absolute Gasteiger partial charge is 0.375 e. The first-order valence-corrected chi connectivity index (χ1v) is 7.89. The Morgan fingerprint density at radius 1 is 1.19 bits per heavy atom. The molecule has 1 aliphatic heterocycles. The second-order valence-corrected chi connectivity index (χ2v) is 6.46. The highest BCUT2D eigenvalue weighted by molar-refractivity contribution is 5.22. The molecule has 0 aromatic heterocycles. The zero-order chi connectivity index (χ0) is 14.9. The average Bonchev–Trinajstić information content (AvgIpc) is 2.86. The Balaban J connectivity index is 1.82. The number of nitrogens with one attached hydrogen (secondary N) is 1. The van der Waals surface area contributed by atoms with Gasteiger partial charge in [0.25, 0.3) is 0 Å². The van der Waals surface area contributed by atoms with Crippen LogP contribution in [-0.4, -0.2) is 19.3 Å². The number of ether oxygens (including phenoxy) is 1. The van der Waals surface area contributed by atoms with Crippen LogP contribution in [0, 0.1) is 17.6 Å². The molecule has 0 amide bonds. The maximum atomic E-state index is 13.5. The SMILES string of the molecule is CNC(c1cc(F)cc(F)c1)C1CCOC2(CCCC2)C1. The van der Waals surface area contributed by atoms with Gasteiger partial charge in [-0.15, -0.1) is 0 Å². The zero-order valence-corrected chi connectivity index (χ0v) is 12.5. The predicted octanol–water partition coefficient (Wildman–Crippen LogP) is 3.96. The first-order chi connectivity index (χ1) is 10.1. The molecule has 4 heteroatoms. The van der Waals surface area contributed by atoms with E-state index < -0.39 is 11.6 Å². The number of hydrogen-bond donors (Lipinski definition) is 1. The van der Waals surface area contributed by atoms with E-state index in [1.165, 1.54) is 25.0 Å². The second kappa shape index (κ2) is 6.01. The third-order valence-corrected chi connectivity index (χ3v) is 5.07. The topological polar surface area (TPSA) is 21.3 Å². The molecule has 1 saturated carbocycles. The Morgan fingerprint density at radius 3 is 2.48 bits per heavy atom. The summed E-state index contributed by atoms with van der Waals surface area (Å²) in [6, 6.07) is 3.80. The van der Waals surface area contributed by atoms with Gasteiger partial charge in [-0.1, -0.05) is 12.8 Å². The van der Waals surface area contributed by atoms with E-state index in [9.17, 15) is 8.78 Å². The van der Waals surface area contributed by atoms with Crippen molar-refractivity contribution in [3.8, 4) is 0 Å². The summed E-state index contributed by atoms with van der Waals surface area (Å²) in [5, 5.41) is 3.26. The van der Waals surface area contributed by atoms with Gasteiger partial charge in [0.1, 0.15) is 11.6 Å². The summed E-state index contributed by atoms with van der Waals surface area (Å²) in [6.07, 6.45) is 6.62. The number of halogens is 2. The highest BCUT2D eigenvalue weighted by Crippen LogP contribution is 2.45. The van der Waals surface area contributed by atoms with E-state index in [-0.39, 0.29) is 11.6 Å². The zero-order valence-electron chi connectivity index (χ0n) is 12.5. The van der Waals surface area contributed by atoms with E-state index in [1.807, 2.05) is 7.05 Å². The van der Waals surface area contributed by atoms with Gasteiger partial charge in [0.2, 0.25) is 0 Å². The summed E-state index contributed by atoms with van der Waals surface area (Å²) in [4.78, 5) is 0. The standard InChI is InChI=1S/C17H23F2NO/c1-20-16(13-8-14(18)10-15(19)9-13)12-4-7-21-17(11-12)5-2-3-6-17/h8-10,12,16,20H,2-7,11H2,1H3. The molecule has 1 saturated heterocycles. The highest BCUT2D eigenvalue weighted by atomic mass is 19.1. The van der Waals surface area contributed by atoms with E-state index >= 15 is 0 Å². The van der Waals surface area contributed by atoms with Crippen molar-refractivity contribution in [2.75, 3.05) is 13.7 Å². The average molecular weight is 295 g/mol. The molecule has 2 fully saturated rings. The monoisotopic (exact) mass is 295 g/mol. The minimum Gasteiger partial charge on any atom is -0.375 e. The van der Waals surface area contributed by atoms with Gasteiger partial charge in [-0.25, -0.2) is 8.78 Å². The Kier molecular flexibility index (Phi) is 4.27. The Bertz CT molecular complexity index is 479. The van der Waals surface area contributed by atoms with Crippen LogP contribution in [0.15, 0.2) is 18.2 Å². The molecule has 1 heterocycles. The maximum absolute atomic E-state index is 13.5. The molecular formula is C17H23F2NO. The van der Waals surface area contributed by atoms with Crippen LogP contribution in [0.5, 0.6) is 0 Å². The van der Waals surface area contributed by atoms with Crippen LogP contribution in [0.3, 0.4) is 0 Å². The fraction of sp³-hybridized carbons (Fsp3) is 0.647. The Morgan fingerprint density at radius 2 is 1.86 bits per heavy atom. The summed E-state index contributed by atoms with van der Waals surface area (Å²) < 4.78 is 33.0. The quantitative estimate of drug-likeness (QED) is 0.911. The lowest BCUT2D eigenvalue weighted by Crippen LogP contribution is -2.41. The third kappa shape index (κ3) is 3.11. The summed E-state index contributed by atoms with van der Waals surface area (Å²) in [7, 11) is 1.87. The first kappa shape index (κ1) is 14.9. The summed E-state index contributed by atoms with van der Waals surface area (Å²) >= 11 is 0. The molecule has 2 aliphatic rings. The Labute approximate surface area is 124 Å². The van der Waals surface area contributed by atoms with Gasteiger partial charge in [-0.3, -0.25) is 0 Å². The molecule has 21 heavy (non-hydrogen) atoms. The fourth-order valence-electron chi connectivity index (χ4n) is 4.15. The molecule has 1 spiro atoms. The molecule has 1 aliphatic carbocycles. The van der Waals surface area contributed by atoms with Gasteiger partial charge >= 0.3 is 0 Å². The van der Waals surface area contributed by atoms with E-state index in [4.69, 9.17) is 4.74 Å².